The third kappa shape index (κ3) is 35.8. The highest BCUT2D eigenvalue weighted by atomic mass is 79.9. The molecule has 0 aliphatic carbocycles. The molecular formula is C18H35BrN7O21P. The van der Waals surface area contributed by atoms with Gasteiger partial charge >= 0.3 is 7.60 Å². The van der Waals surface area contributed by atoms with Crippen LogP contribution in [0.1, 0.15) is 41.0 Å². The van der Waals surface area contributed by atoms with Gasteiger partial charge in [0.25, 0.3) is 30.5 Å². The van der Waals surface area contributed by atoms with Gasteiger partial charge in [0.1, 0.15) is 32.0 Å². The Labute approximate surface area is 278 Å². The maximum absolute atomic E-state index is 11.3. The standard InChI is InChI=1S/C5H8N2O3.C4H8BrNO3.C4H7N2O9P.C4H8N2O6.CH4/c1-5(2-3-6)4-10-7(8)9;1-4(2-5)3-9-6(7)8;7-5(8)12-1-4(15-6(9)10)2-16(11)13-3-14-16;1-2-4(12-6(9)10)3-11-5(7)8;/h5H,2,4H2,1H3;4H,2-3H2,1H3;4H,1-3H2;4H,2-3H2,1H3;1H4. The van der Waals surface area contributed by atoms with Crippen LogP contribution in [0.15, 0.2) is 0 Å². The Bertz CT molecular complexity index is 1060. The lowest BCUT2D eigenvalue weighted by atomic mass is 10.1. The molecule has 1 fully saturated rings. The van der Waals surface area contributed by atoms with Crippen molar-refractivity contribution in [3.8, 4) is 6.07 Å². The molecule has 0 bridgehead atoms. The van der Waals surface area contributed by atoms with Gasteiger partial charge in [0.15, 0.2) is 6.79 Å². The maximum atomic E-state index is 11.3. The summed E-state index contributed by atoms with van der Waals surface area (Å²) in [6.45, 7) is 4.00. The lowest BCUT2D eigenvalue weighted by Gasteiger charge is -2.28. The zero-order valence-electron chi connectivity index (χ0n) is 24.7. The Hall–Kier alpha value is -4.68. The van der Waals surface area contributed by atoms with Gasteiger partial charge in [-0.25, -0.2) is 0 Å². The van der Waals surface area contributed by atoms with Crippen LogP contribution in [0.3, 0.4) is 0 Å². The van der Waals surface area contributed by atoms with E-state index in [1.54, 1.807) is 13.8 Å². The van der Waals surface area contributed by atoms with E-state index in [0.717, 1.165) is 5.33 Å². The van der Waals surface area contributed by atoms with Crippen molar-refractivity contribution in [1.29, 1.82) is 5.26 Å². The number of hydrogen-bond donors (Lipinski definition) is 0. The highest BCUT2D eigenvalue weighted by molar-refractivity contribution is 9.09. The predicted octanol–water partition coefficient (Wildman–Crippen LogP) is 2.76. The second-order valence-corrected chi connectivity index (χ2v) is 11.0. The van der Waals surface area contributed by atoms with Crippen molar-refractivity contribution in [2.24, 2.45) is 11.8 Å². The van der Waals surface area contributed by atoms with E-state index in [9.17, 15) is 65.3 Å². The molecule has 0 radical (unpaired) electrons. The average Bonchev–Trinajstić information content (AvgIpc) is 2.95. The molecule has 0 aromatic rings. The molecule has 0 amide bonds. The minimum atomic E-state index is -3.40. The van der Waals surface area contributed by atoms with E-state index in [0.29, 0.717) is 0 Å². The smallest absolute Gasteiger partial charge is 0.314 e. The summed E-state index contributed by atoms with van der Waals surface area (Å²) < 4.78 is 20.4. The Morgan fingerprint density at radius 3 is 1.42 bits per heavy atom. The molecule has 0 saturated carbocycles. The lowest BCUT2D eigenvalue weighted by Crippen LogP contribution is -2.30. The zero-order chi connectivity index (χ0) is 37.0. The molecule has 28 nitrogen and oxygen atoms in total. The summed E-state index contributed by atoms with van der Waals surface area (Å²) in [6, 6.07) is 1.89. The Balaban J connectivity index is -0.000000274. The van der Waals surface area contributed by atoms with Gasteiger partial charge in [0.2, 0.25) is 0 Å². The van der Waals surface area contributed by atoms with Gasteiger partial charge in [0.05, 0.1) is 18.8 Å². The van der Waals surface area contributed by atoms with E-state index in [-0.39, 0.29) is 52.1 Å². The van der Waals surface area contributed by atoms with Crippen LogP contribution in [0.4, 0.5) is 0 Å². The van der Waals surface area contributed by atoms with Crippen molar-refractivity contribution < 1.29 is 73.2 Å². The molecule has 280 valence electrons. The van der Waals surface area contributed by atoms with E-state index in [1.165, 1.54) is 0 Å². The van der Waals surface area contributed by atoms with E-state index < -0.39 is 69.7 Å². The Kier molecular flexibility index (Phi) is 31.1. The summed E-state index contributed by atoms with van der Waals surface area (Å²) in [5, 5.41) is 61.4. The van der Waals surface area contributed by atoms with Crippen molar-refractivity contribution >= 4 is 23.5 Å². The molecule has 0 aromatic heterocycles. The monoisotopic (exact) mass is 795 g/mol. The first kappa shape index (κ1) is 50.2. The van der Waals surface area contributed by atoms with Crippen molar-refractivity contribution in [2.75, 3.05) is 44.7 Å². The van der Waals surface area contributed by atoms with E-state index >= 15 is 0 Å². The predicted molar refractivity (Wildman–Crippen MR) is 154 cm³/mol. The summed E-state index contributed by atoms with van der Waals surface area (Å²) in [5.41, 5.74) is 0. The van der Waals surface area contributed by atoms with Crippen LogP contribution in [0.2, 0.25) is 0 Å². The zero-order valence-corrected chi connectivity index (χ0v) is 27.2. The molecule has 30 heteroatoms. The van der Waals surface area contributed by atoms with Crippen LogP contribution in [0.5, 0.6) is 0 Å². The number of rotatable bonds is 21. The molecule has 0 N–H and O–H groups in total. The largest absolute Gasteiger partial charge is 0.337 e. The summed E-state index contributed by atoms with van der Waals surface area (Å²) in [6.07, 6.45) is -2.19. The molecule has 4 atom stereocenters. The van der Waals surface area contributed by atoms with Crippen LogP contribution in [0.25, 0.3) is 0 Å². The number of alkyl halides is 1. The quantitative estimate of drug-likeness (QED) is 0.0697. The van der Waals surface area contributed by atoms with Crippen molar-refractivity contribution in [3.63, 3.8) is 0 Å². The third-order valence-corrected chi connectivity index (χ3v) is 7.17. The molecule has 48 heavy (non-hydrogen) atoms. The highest BCUT2D eigenvalue weighted by Crippen LogP contribution is 2.56. The molecular weight excluding hydrogens is 761 g/mol. The van der Waals surface area contributed by atoms with Crippen LogP contribution < -0.4 is 0 Å². The molecule has 0 spiro atoms. The van der Waals surface area contributed by atoms with Gasteiger partial charge in [-0.2, -0.15) is 5.26 Å². The normalized spacial score (nSPS) is 14.1. The molecule has 0 aromatic carbocycles. The minimum absolute atomic E-state index is 0. The maximum Gasteiger partial charge on any atom is 0.337 e. The van der Waals surface area contributed by atoms with Crippen molar-refractivity contribution in [2.45, 2.75) is 53.2 Å². The fourth-order valence-electron chi connectivity index (χ4n) is 2.03. The van der Waals surface area contributed by atoms with Crippen molar-refractivity contribution in [1.82, 2.24) is 0 Å². The van der Waals surface area contributed by atoms with Gasteiger partial charge in [-0.15, -0.1) is 60.7 Å². The lowest BCUT2D eigenvalue weighted by molar-refractivity contribution is -0.790. The summed E-state index contributed by atoms with van der Waals surface area (Å²) in [4.78, 5) is 82.5. The second-order valence-electron chi connectivity index (χ2n) is 8.28. The first-order valence-electron chi connectivity index (χ1n) is 12.3. The van der Waals surface area contributed by atoms with E-state index in [4.69, 9.17) is 5.26 Å². The number of nitriles is 1. The van der Waals surface area contributed by atoms with Gasteiger partial charge in [0, 0.05) is 11.8 Å². The Morgan fingerprint density at radius 1 is 0.729 bits per heavy atom. The van der Waals surface area contributed by atoms with Crippen LogP contribution in [-0.4, -0.2) is 87.4 Å². The third-order valence-electron chi connectivity index (χ3n) is 4.22. The fourth-order valence-corrected chi connectivity index (χ4v) is 3.44. The molecule has 1 aliphatic heterocycles. The van der Waals surface area contributed by atoms with E-state index in [2.05, 4.69) is 54.0 Å². The number of nitrogens with zero attached hydrogens (tertiary/aromatic N) is 7. The summed E-state index contributed by atoms with van der Waals surface area (Å²) >= 11 is 3.16. The second kappa shape index (κ2) is 29.7. The Morgan fingerprint density at radius 2 is 1.10 bits per heavy atom. The molecule has 4 unspecified atom stereocenters. The minimum Gasteiger partial charge on any atom is -0.314 e. The summed E-state index contributed by atoms with van der Waals surface area (Å²) in [7, 11) is -3.40. The topological polar surface area (TPSA) is 374 Å². The van der Waals surface area contributed by atoms with Gasteiger partial charge in [-0.3, -0.25) is 13.6 Å². The summed E-state index contributed by atoms with van der Waals surface area (Å²) in [5.74, 6) is 0.116. The van der Waals surface area contributed by atoms with Gasteiger partial charge < -0.3 is 29.0 Å². The highest BCUT2D eigenvalue weighted by Gasteiger charge is 2.38. The van der Waals surface area contributed by atoms with Gasteiger partial charge in [-0.1, -0.05) is 44.1 Å². The van der Waals surface area contributed by atoms with E-state index in [1.807, 2.05) is 13.0 Å². The molecule has 1 aliphatic rings. The van der Waals surface area contributed by atoms with Crippen LogP contribution >= 0.6 is 23.5 Å². The number of halogens is 1. The molecule has 1 rings (SSSR count). The average molecular weight is 796 g/mol. The fraction of sp³-hybridized carbons (Fsp3) is 0.944. The SMILES string of the molecule is C.CC(CBr)CO[N+](=O)[O-].CC(CC#N)CO[N+](=O)[O-].CCC(CO[N+](=O)[O-])O[N+](=O)[O-].O=[N+]([O-])OCC(CP1(=O)OCO1)O[N+](=O)[O-]. The molecule has 1 heterocycles. The first-order valence-corrected chi connectivity index (χ1v) is 15.2. The van der Waals surface area contributed by atoms with Crippen molar-refractivity contribution in [3.05, 3.63) is 60.7 Å². The number of hydrogen-bond acceptors (Lipinski definition) is 22. The molecule has 1 saturated heterocycles. The van der Waals surface area contributed by atoms with Gasteiger partial charge in [-0.05, 0) is 18.3 Å². The van der Waals surface area contributed by atoms with Crippen LogP contribution in [0, 0.1) is 83.9 Å². The first-order chi connectivity index (χ1) is 21.8. The van der Waals surface area contributed by atoms with Crippen LogP contribution in [-0.2, 0) is 42.6 Å².